The summed E-state index contributed by atoms with van der Waals surface area (Å²) in [7, 11) is 0. The Morgan fingerprint density at radius 1 is 0.975 bits per heavy atom. The SMILES string of the molecule is N=C(C(=O)Nc1ccc(-c2cccc(F)c2)nc1)c1cc(-c2cncc(CN3CCC(F)(F)CC3)c2)ccc1N. The second-order valence-corrected chi connectivity index (χ2v) is 9.79. The predicted molar refractivity (Wildman–Crippen MR) is 149 cm³/mol. The van der Waals surface area contributed by atoms with Gasteiger partial charge in [0.05, 0.1) is 17.6 Å². The van der Waals surface area contributed by atoms with Gasteiger partial charge in [0, 0.05) is 67.2 Å². The summed E-state index contributed by atoms with van der Waals surface area (Å²) < 4.78 is 40.5. The first kappa shape index (κ1) is 27.0. The van der Waals surface area contributed by atoms with E-state index in [2.05, 4.69) is 15.3 Å². The highest BCUT2D eigenvalue weighted by Gasteiger charge is 2.33. The molecule has 10 heteroatoms. The van der Waals surface area contributed by atoms with E-state index in [1.54, 1.807) is 54.9 Å². The van der Waals surface area contributed by atoms with Crippen LogP contribution in [0.15, 0.2) is 79.3 Å². The Morgan fingerprint density at radius 2 is 1.77 bits per heavy atom. The van der Waals surface area contributed by atoms with Gasteiger partial charge in [-0.15, -0.1) is 0 Å². The van der Waals surface area contributed by atoms with E-state index in [0.717, 1.165) is 11.1 Å². The molecule has 2 aromatic heterocycles. The number of carbonyl (C=O) groups is 1. The third kappa shape index (κ3) is 6.35. The molecule has 1 fully saturated rings. The molecule has 1 amide bonds. The Bertz CT molecular complexity index is 1550. The number of amides is 1. The number of carbonyl (C=O) groups excluding carboxylic acids is 1. The molecule has 2 aromatic carbocycles. The van der Waals surface area contributed by atoms with Crippen LogP contribution in [0.5, 0.6) is 0 Å². The van der Waals surface area contributed by atoms with Crippen molar-refractivity contribution in [1.29, 1.82) is 5.41 Å². The number of piperidine rings is 1. The summed E-state index contributed by atoms with van der Waals surface area (Å²) >= 11 is 0. The van der Waals surface area contributed by atoms with Gasteiger partial charge in [0.2, 0.25) is 0 Å². The number of pyridine rings is 2. The number of halogens is 3. The van der Waals surface area contributed by atoms with Crippen molar-refractivity contribution in [2.24, 2.45) is 0 Å². The molecule has 0 spiro atoms. The molecule has 204 valence electrons. The minimum Gasteiger partial charge on any atom is -0.398 e. The number of anilines is 2. The summed E-state index contributed by atoms with van der Waals surface area (Å²) in [6.45, 7) is 1.14. The molecule has 0 unspecified atom stereocenters. The molecule has 4 aromatic rings. The van der Waals surface area contributed by atoms with Crippen LogP contribution < -0.4 is 11.1 Å². The van der Waals surface area contributed by atoms with Crippen LogP contribution in [-0.4, -0.2) is 45.5 Å². The van der Waals surface area contributed by atoms with Gasteiger partial charge in [0.15, 0.2) is 0 Å². The zero-order valence-electron chi connectivity index (χ0n) is 21.5. The number of nitrogens with one attached hydrogen (secondary N) is 2. The fraction of sp³-hybridized carbons (Fsp3) is 0.200. The zero-order chi connectivity index (χ0) is 28.3. The topological polar surface area (TPSA) is 108 Å². The fourth-order valence-electron chi connectivity index (χ4n) is 4.58. The summed E-state index contributed by atoms with van der Waals surface area (Å²) in [5.41, 5.74) is 10.2. The maximum absolute atomic E-state index is 13.5. The van der Waals surface area contributed by atoms with Crippen LogP contribution in [0, 0.1) is 11.2 Å². The molecule has 3 heterocycles. The number of alkyl halides is 2. The minimum absolute atomic E-state index is 0.154. The third-order valence-corrected chi connectivity index (χ3v) is 6.81. The van der Waals surface area contributed by atoms with Gasteiger partial charge in [0.1, 0.15) is 11.5 Å². The van der Waals surface area contributed by atoms with Gasteiger partial charge in [-0.25, -0.2) is 13.2 Å². The lowest BCUT2D eigenvalue weighted by Crippen LogP contribution is -2.38. The van der Waals surface area contributed by atoms with Crippen LogP contribution in [-0.2, 0) is 11.3 Å². The number of nitrogen functional groups attached to an aromatic ring is 1. The van der Waals surface area contributed by atoms with E-state index in [1.165, 1.54) is 18.3 Å². The Kier molecular flexibility index (Phi) is 7.61. The Balaban J connectivity index is 1.28. The third-order valence-electron chi connectivity index (χ3n) is 6.81. The fourth-order valence-corrected chi connectivity index (χ4v) is 4.58. The number of hydrogen-bond acceptors (Lipinski definition) is 6. The lowest BCUT2D eigenvalue weighted by Gasteiger charge is -2.31. The van der Waals surface area contributed by atoms with Gasteiger partial charge in [-0.1, -0.05) is 18.2 Å². The van der Waals surface area contributed by atoms with E-state index >= 15 is 0 Å². The molecule has 0 radical (unpaired) electrons. The second kappa shape index (κ2) is 11.3. The highest BCUT2D eigenvalue weighted by atomic mass is 19.3. The quantitative estimate of drug-likeness (QED) is 0.202. The lowest BCUT2D eigenvalue weighted by molar-refractivity contribution is -0.110. The second-order valence-electron chi connectivity index (χ2n) is 9.79. The van der Waals surface area contributed by atoms with Gasteiger partial charge in [-0.2, -0.15) is 0 Å². The molecular weight excluding hydrogens is 517 g/mol. The predicted octanol–water partition coefficient (Wildman–Crippen LogP) is 5.77. The van der Waals surface area contributed by atoms with Crippen molar-refractivity contribution in [3.05, 3.63) is 96.2 Å². The standard InChI is InChI=1S/C30H27F3N6O/c31-23-3-1-2-21(13-23)27-7-5-24(17-37-27)38-29(40)28(35)25-14-20(4-6-26(25)34)22-12-19(15-36-16-22)18-39-10-8-30(32,33)9-11-39/h1-7,12-17,35H,8-11,18,34H2,(H,38,40). The molecule has 1 saturated heterocycles. The van der Waals surface area contributed by atoms with E-state index in [1.807, 2.05) is 11.0 Å². The van der Waals surface area contributed by atoms with Crippen molar-refractivity contribution in [2.75, 3.05) is 24.1 Å². The molecule has 5 rings (SSSR count). The van der Waals surface area contributed by atoms with Gasteiger partial charge in [0.25, 0.3) is 11.8 Å². The number of nitrogens with two attached hydrogens (primary N) is 1. The summed E-state index contributed by atoms with van der Waals surface area (Å²) in [6, 6.07) is 16.3. The normalized spacial score (nSPS) is 15.0. The van der Waals surface area contributed by atoms with Crippen LogP contribution in [0.1, 0.15) is 24.0 Å². The Labute approximate surface area is 229 Å². The molecule has 0 aliphatic carbocycles. The number of rotatable bonds is 7. The van der Waals surface area contributed by atoms with E-state index in [0.29, 0.717) is 42.1 Å². The van der Waals surface area contributed by atoms with E-state index in [-0.39, 0.29) is 35.6 Å². The highest BCUT2D eigenvalue weighted by Crippen LogP contribution is 2.29. The van der Waals surface area contributed by atoms with Crippen molar-refractivity contribution in [3.63, 3.8) is 0 Å². The molecule has 1 aliphatic heterocycles. The number of likely N-dealkylation sites (tertiary alicyclic amines) is 1. The molecule has 0 saturated carbocycles. The average Bonchev–Trinajstić information content (AvgIpc) is 2.94. The molecule has 1 aliphatic rings. The van der Waals surface area contributed by atoms with Gasteiger partial charge < -0.3 is 11.1 Å². The molecule has 0 atom stereocenters. The summed E-state index contributed by atoms with van der Waals surface area (Å²) in [4.78, 5) is 23.5. The first-order valence-electron chi connectivity index (χ1n) is 12.7. The minimum atomic E-state index is -2.60. The smallest absolute Gasteiger partial charge is 0.274 e. The van der Waals surface area contributed by atoms with Crippen molar-refractivity contribution in [1.82, 2.24) is 14.9 Å². The van der Waals surface area contributed by atoms with Crippen molar-refractivity contribution >= 4 is 23.0 Å². The van der Waals surface area contributed by atoms with Crippen LogP contribution in [0.4, 0.5) is 24.5 Å². The van der Waals surface area contributed by atoms with Crippen molar-refractivity contribution in [3.8, 4) is 22.4 Å². The monoisotopic (exact) mass is 544 g/mol. The molecule has 7 nitrogen and oxygen atoms in total. The first-order chi connectivity index (χ1) is 19.2. The molecule has 40 heavy (non-hydrogen) atoms. The van der Waals surface area contributed by atoms with Crippen LogP contribution >= 0.6 is 0 Å². The Morgan fingerprint density at radius 3 is 2.50 bits per heavy atom. The zero-order valence-corrected chi connectivity index (χ0v) is 21.5. The Hall–Kier alpha value is -4.57. The van der Waals surface area contributed by atoms with Gasteiger partial charge >= 0.3 is 0 Å². The van der Waals surface area contributed by atoms with Crippen LogP contribution in [0.25, 0.3) is 22.4 Å². The number of hydrogen-bond donors (Lipinski definition) is 3. The van der Waals surface area contributed by atoms with Gasteiger partial charge in [-0.05, 0) is 53.6 Å². The van der Waals surface area contributed by atoms with E-state index in [4.69, 9.17) is 11.1 Å². The lowest BCUT2D eigenvalue weighted by atomic mass is 9.99. The number of nitrogens with zero attached hydrogens (tertiary/aromatic N) is 3. The number of benzene rings is 2. The maximum Gasteiger partial charge on any atom is 0.274 e. The molecular formula is C30H27F3N6O. The summed E-state index contributed by atoms with van der Waals surface area (Å²) in [5.74, 6) is -3.64. The first-order valence-corrected chi connectivity index (χ1v) is 12.7. The number of aromatic nitrogens is 2. The largest absolute Gasteiger partial charge is 0.398 e. The van der Waals surface area contributed by atoms with Crippen molar-refractivity contribution in [2.45, 2.75) is 25.3 Å². The summed E-state index contributed by atoms with van der Waals surface area (Å²) in [6.07, 6.45) is 4.50. The maximum atomic E-state index is 13.5. The average molecular weight is 545 g/mol. The van der Waals surface area contributed by atoms with E-state index < -0.39 is 11.8 Å². The molecule has 4 N–H and O–H groups in total. The molecule has 0 bridgehead atoms. The van der Waals surface area contributed by atoms with Crippen LogP contribution in [0.3, 0.4) is 0 Å². The van der Waals surface area contributed by atoms with Gasteiger partial charge in [-0.3, -0.25) is 25.1 Å². The van der Waals surface area contributed by atoms with E-state index in [9.17, 15) is 18.0 Å². The highest BCUT2D eigenvalue weighted by molar-refractivity contribution is 6.48. The van der Waals surface area contributed by atoms with Crippen LogP contribution in [0.2, 0.25) is 0 Å². The van der Waals surface area contributed by atoms with Crippen molar-refractivity contribution < 1.29 is 18.0 Å². The summed E-state index contributed by atoms with van der Waals surface area (Å²) in [5, 5.41) is 11.1.